The lowest BCUT2D eigenvalue weighted by atomic mass is 10.2. The zero-order valence-electron chi connectivity index (χ0n) is 8.27. The first-order valence-corrected chi connectivity index (χ1v) is 6.51. The molecule has 1 aromatic heterocycles. The van der Waals surface area contributed by atoms with E-state index in [0.29, 0.717) is 13.2 Å². The Balaban J connectivity index is 2.02. The molecule has 0 amide bonds. The van der Waals surface area contributed by atoms with Gasteiger partial charge in [-0.1, -0.05) is 0 Å². The van der Waals surface area contributed by atoms with Crippen LogP contribution >= 0.6 is 27.3 Å². The van der Waals surface area contributed by atoms with Crippen molar-refractivity contribution in [2.45, 2.75) is 0 Å². The van der Waals surface area contributed by atoms with E-state index in [0.717, 1.165) is 26.7 Å². The van der Waals surface area contributed by atoms with E-state index in [9.17, 15) is 0 Å². The number of thiazole rings is 1. The van der Waals surface area contributed by atoms with Crippen LogP contribution in [0.1, 0.15) is 0 Å². The van der Waals surface area contributed by atoms with E-state index in [1.807, 2.05) is 23.6 Å². The number of rotatable bonds is 1. The normalized spacial score (nSPS) is 13.8. The van der Waals surface area contributed by atoms with Gasteiger partial charge in [-0.3, -0.25) is 0 Å². The van der Waals surface area contributed by atoms with E-state index >= 15 is 0 Å². The van der Waals surface area contributed by atoms with E-state index in [1.165, 1.54) is 0 Å². The molecule has 1 aliphatic rings. The molecule has 16 heavy (non-hydrogen) atoms. The van der Waals surface area contributed by atoms with Gasteiger partial charge in [0, 0.05) is 10.9 Å². The molecule has 5 heteroatoms. The van der Waals surface area contributed by atoms with Gasteiger partial charge in [0.25, 0.3) is 0 Å². The van der Waals surface area contributed by atoms with Gasteiger partial charge in [0.2, 0.25) is 0 Å². The highest BCUT2D eigenvalue weighted by molar-refractivity contribution is 9.10. The van der Waals surface area contributed by atoms with Crippen LogP contribution < -0.4 is 9.47 Å². The maximum absolute atomic E-state index is 5.53. The van der Waals surface area contributed by atoms with Crippen molar-refractivity contribution in [2.75, 3.05) is 13.2 Å². The fourth-order valence-electron chi connectivity index (χ4n) is 1.56. The van der Waals surface area contributed by atoms with Gasteiger partial charge in [-0.2, -0.15) is 0 Å². The molecule has 0 aliphatic carbocycles. The summed E-state index contributed by atoms with van der Waals surface area (Å²) >= 11 is 4.95. The fraction of sp³-hybridized carbons (Fsp3) is 0.182. The van der Waals surface area contributed by atoms with Crippen molar-refractivity contribution >= 4 is 27.3 Å². The lowest BCUT2D eigenvalue weighted by Gasteiger charge is -2.18. The van der Waals surface area contributed by atoms with Crippen LogP contribution in [0, 0.1) is 0 Å². The molecule has 0 atom stereocenters. The number of fused-ring (bicyclic) bond motifs is 1. The molecule has 2 aromatic rings. The van der Waals surface area contributed by atoms with Crippen molar-refractivity contribution in [3.8, 4) is 22.1 Å². The quantitative estimate of drug-likeness (QED) is 0.809. The average molecular weight is 298 g/mol. The van der Waals surface area contributed by atoms with Crippen molar-refractivity contribution in [1.82, 2.24) is 4.98 Å². The zero-order chi connectivity index (χ0) is 11.0. The SMILES string of the molecule is Brc1csc(-c2ccc3c(c2)OCCO3)n1. The average Bonchev–Trinajstić information content (AvgIpc) is 2.75. The number of nitrogens with zero attached hydrogens (tertiary/aromatic N) is 1. The second-order valence-electron chi connectivity index (χ2n) is 3.33. The van der Waals surface area contributed by atoms with Crippen molar-refractivity contribution in [1.29, 1.82) is 0 Å². The minimum atomic E-state index is 0.609. The van der Waals surface area contributed by atoms with Crippen molar-refractivity contribution in [2.24, 2.45) is 0 Å². The van der Waals surface area contributed by atoms with Gasteiger partial charge >= 0.3 is 0 Å². The number of halogens is 1. The van der Waals surface area contributed by atoms with Crippen LogP contribution in [-0.4, -0.2) is 18.2 Å². The molecule has 0 saturated carbocycles. The second kappa shape index (κ2) is 4.07. The first-order chi connectivity index (χ1) is 7.83. The number of ether oxygens (including phenoxy) is 2. The molecular weight excluding hydrogens is 290 g/mol. The largest absolute Gasteiger partial charge is 0.486 e. The molecule has 0 spiro atoms. The number of hydrogen-bond acceptors (Lipinski definition) is 4. The lowest BCUT2D eigenvalue weighted by Crippen LogP contribution is -2.15. The maximum atomic E-state index is 5.53. The molecule has 0 unspecified atom stereocenters. The van der Waals surface area contributed by atoms with Crippen LogP contribution in [-0.2, 0) is 0 Å². The second-order valence-corrected chi connectivity index (χ2v) is 5.00. The van der Waals surface area contributed by atoms with E-state index < -0.39 is 0 Å². The Morgan fingerprint density at radius 2 is 2.00 bits per heavy atom. The topological polar surface area (TPSA) is 31.4 Å². The summed E-state index contributed by atoms with van der Waals surface area (Å²) in [6.45, 7) is 1.23. The van der Waals surface area contributed by atoms with Crippen LogP contribution in [0.25, 0.3) is 10.6 Å². The van der Waals surface area contributed by atoms with E-state index in [-0.39, 0.29) is 0 Å². The van der Waals surface area contributed by atoms with E-state index in [1.54, 1.807) is 11.3 Å². The van der Waals surface area contributed by atoms with E-state index in [4.69, 9.17) is 9.47 Å². The molecule has 1 aliphatic heterocycles. The Bertz CT molecular complexity index is 526. The zero-order valence-corrected chi connectivity index (χ0v) is 10.7. The van der Waals surface area contributed by atoms with Crippen molar-refractivity contribution < 1.29 is 9.47 Å². The Hall–Kier alpha value is -1.07. The number of aromatic nitrogens is 1. The summed E-state index contributed by atoms with van der Waals surface area (Å²) < 4.78 is 11.9. The third-order valence-corrected chi connectivity index (χ3v) is 3.87. The first-order valence-electron chi connectivity index (χ1n) is 4.84. The predicted octanol–water partition coefficient (Wildman–Crippen LogP) is 3.34. The summed E-state index contributed by atoms with van der Waals surface area (Å²) in [5.74, 6) is 1.61. The third kappa shape index (κ3) is 1.81. The molecular formula is C11H8BrNO2S. The Morgan fingerprint density at radius 1 is 1.19 bits per heavy atom. The van der Waals surface area contributed by atoms with Gasteiger partial charge in [-0.15, -0.1) is 11.3 Å². The van der Waals surface area contributed by atoms with Gasteiger partial charge in [-0.25, -0.2) is 4.98 Å². The Kier molecular flexibility index (Phi) is 2.57. The first kappa shape index (κ1) is 10.1. The molecule has 3 nitrogen and oxygen atoms in total. The monoisotopic (exact) mass is 297 g/mol. The summed E-state index contributed by atoms with van der Waals surface area (Å²) in [5, 5.41) is 2.94. The summed E-state index contributed by atoms with van der Waals surface area (Å²) in [5.41, 5.74) is 1.06. The van der Waals surface area contributed by atoms with Crippen LogP contribution in [0.5, 0.6) is 11.5 Å². The lowest BCUT2D eigenvalue weighted by molar-refractivity contribution is 0.171. The standard InChI is InChI=1S/C11H8BrNO2S/c12-10-6-16-11(13-10)7-1-2-8-9(5-7)15-4-3-14-8/h1-2,5-6H,3-4H2. The van der Waals surface area contributed by atoms with Crippen LogP contribution in [0.15, 0.2) is 28.2 Å². The van der Waals surface area contributed by atoms with Crippen molar-refractivity contribution in [3.63, 3.8) is 0 Å². The summed E-state index contributed by atoms with van der Waals surface area (Å²) in [6, 6.07) is 5.90. The Morgan fingerprint density at radius 3 is 2.75 bits per heavy atom. The van der Waals surface area contributed by atoms with Gasteiger partial charge in [0.15, 0.2) is 11.5 Å². The molecule has 0 fully saturated rings. The third-order valence-electron chi connectivity index (χ3n) is 2.27. The van der Waals surface area contributed by atoms with Gasteiger partial charge in [-0.05, 0) is 34.1 Å². The smallest absolute Gasteiger partial charge is 0.162 e. The highest BCUT2D eigenvalue weighted by atomic mass is 79.9. The highest BCUT2D eigenvalue weighted by Gasteiger charge is 2.13. The van der Waals surface area contributed by atoms with Crippen LogP contribution in [0.3, 0.4) is 0 Å². The predicted molar refractivity (Wildman–Crippen MR) is 66.2 cm³/mol. The number of hydrogen-bond donors (Lipinski definition) is 0. The highest BCUT2D eigenvalue weighted by Crippen LogP contribution is 2.35. The summed E-state index contributed by atoms with van der Waals surface area (Å²) in [6.07, 6.45) is 0. The van der Waals surface area contributed by atoms with Crippen LogP contribution in [0.2, 0.25) is 0 Å². The molecule has 0 bridgehead atoms. The molecule has 3 rings (SSSR count). The molecule has 0 N–H and O–H groups in total. The fourth-order valence-corrected chi connectivity index (χ4v) is 2.81. The van der Waals surface area contributed by atoms with Gasteiger partial charge in [0.1, 0.15) is 22.8 Å². The minimum Gasteiger partial charge on any atom is -0.486 e. The molecule has 2 heterocycles. The number of benzene rings is 1. The van der Waals surface area contributed by atoms with Gasteiger partial charge < -0.3 is 9.47 Å². The minimum absolute atomic E-state index is 0.609. The maximum Gasteiger partial charge on any atom is 0.162 e. The van der Waals surface area contributed by atoms with Gasteiger partial charge in [0.05, 0.1) is 0 Å². The van der Waals surface area contributed by atoms with E-state index in [2.05, 4.69) is 20.9 Å². The molecule has 82 valence electrons. The van der Waals surface area contributed by atoms with Crippen LogP contribution in [0.4, 0.5) is 0 Å². The summed E-state index contributed by atoms with van der Waals surface area (Å²) in [4.78, 5) is 4.37. The molecule has 0 saturated heterocycles. The Labute approximate surface area is 105 Å². The molecule has 1 aromatic carbocycles. The van der Waals surface area contributed by atoms with Crippen molar-refractivity contribution in [3.05, 3.63) is 28.2 Å². The summed E-state index contributed by atoms with van der Waals surface area (Å²) in [7, 11) is 0. The molecule has 0 radical (unpaired) electrons.